The zero-order valence-corrected chi connectivity index (χ0v) is 13.6. The van der Waals surface area contributed by atoms with E-state index in [2.05, 4.69) is 15.5 Å². The molecule has 3 N–H and O–H groups in total. The minimum Gasteiger partial charge on any atom is -0.394 e. The summed E-state index contributed by atoms with van der Waals surface area (Å²) in [5.41, 5.74) is 2.96. The van der Waals surface area contributed by atoms with Gasteiger partial charge in [-0.3, -0.25) is 9.89 Å². The zero-order valence-electron chi connectivity index (χ0n) is 13.6. The minimum atomic E-state index is -0.317. The van der Waals surface area contributed by atoms with Gasteiger partial charge in [-0.25, -0.2) is 4.39 Å². The molecule has 0 fully saturated rings. The monoisotopic (exact) mass is 319 g/mol. The van der Waals surface area contributed by atoms with Crippen molar-refractivity contribution in [3.05, 3.63) is 41.3 Å². The van der Waals surface area contributed by atoms with Gasteiger partial charge in [-0.1, -0.05) is 13.8 Å². The second kappa shape index (κ2) is 7.37. The number of carbonyl (C=O) groups is 1. The number of hydrogen-bond donors (Lipinski definition) is 3. The summed E-state index contributed by atoms with van der Waals surface area (Å²) in [4.78, 5) is 12.3. The SMILES string of the molecule is Cc1[nH]nc(-c2ccc(F)cc2)c1CC(=O)NC(CO)C(C)C. The van der Waals surface area contributed by atoms with E-state index < -0.39 is 0 Å². The van der Waals surface area contributed by atoms with Gasteiger partial charge in [0, 0.05) is 16.8 Å². The first kappa shape index (κ1) is 17.1. The molecule has 1 aromatic carbocycles. The molecule has 0 aliphatic rings. The number of amides is 1. The van der Waals surface area contributed by atoms with Crippen LogP contribution in [0.4, 0.5) is 4.39 Å². The number of hydrogen-bond acceptors (Lipinski definition) is 3. The van der Waals surface area contributed by atoms with Crippen LogP contribution in [0.5, 0.6) is 0 Å². The normalized spacial score (nSPS) is 12.4. The average molecular weight is 319 g/mol. The lowest BCUT2D eigenvalue weighted by Gasteiger charge is -2.20. The Labute approximate surface area is 134 Å². The van der Waals surface area contributed by atoms with E-state index in [1.807, 2.05) is 20.8 Å². The highest BCUT2D eigenvalue weighted by atomic mass is 19.1. The molecule has 5 nitrogen and oxygen atoms in total. The zero-order chi connectivity index (χ0) is 17.0. The van der Waals surface area contributed by atoms with Crippen molar-refractivity contribution >= 4 is 5.91 Å². The maximum Gasteiger partial charge on any atom is 0.224 e. The van der Waals surface area contributed by atoms with E-state index in [0.717, 1.165) is 16.8 Å². The van der Waals surface area contributed by atoms with Crippen LogP contribution in [-0.2, 0) is 11.2 Å². The molecule has 0 aliphatic heterocycles. The van der Waals surface area contributed by atoms with Gasteiger partial charge >= 0.3 is 0 Å². The van der Waals surface area contributed by atoms with Crippen molar-refractivity contribution in [2.75, 3.05) is 6.61 Å². The van der Waals surface area contributed by atoms with E-state index in [-0.39, 0.29) is 36.7 Å². The highest BCUT2D eigenvalue weighted by Crippen LogP contribution is 2.24. The number of aliphatic hydroxyl groups excluding tert-OH is 1. The van der Waals surface area contributed by atoms with Gasteiger partial charge < -0.3 is 10.4 Å². The summed E-state index contributed by atoms with van der Waals surface area (Å²) < 4.78 is 13.1. The summed E-state index contributed by atoms with van der Waals surface area (Å²) in [5.74, 6) is -0.348. The van der Waals surface area contributed by atoms with E-state index in [4.69, 9.17) is 0 Å². The molecule has 0 saturated heterocycles. The standard InChI is InChI=1S/C17H22FN3O2/c1-10(2)15(9-22)19-16(23)8-14-11(3)20-21-17(14)12-4-6-13(18)7-5-12/h4-7,10,15,22H,8-9H2,1-3H3,(H,19,23)(H,20,21). The Bertz CT molecular complexity index is 665. The minimum absolute atomic E-state index is 0.0986. The van der Waals surface area contributed by atoms with Gasteiger partial charge in [0.2, 0.25) is 5.91 Å². The first-order chi connectivity index (χ1) is 10.9. The predicted octanol–water partition coefficient (Wildman–Crippen LogP) is 2.20. The van der Waals surface area contributed by atoms with Gasteiger partial charge in [-0.05, 0) is 37.1 Å². The smallest absolute Gasteiger partial charge is 0.224 e. The van der Waals surface area contributed by atoms with Crippen molar-refractivity contribution in [3.63, 3.8) is 0 Å². The predicted molar refractivity (Wildman–Crippen MR) is 86.3 cm³/mol. The summed E-state index contributed by atoms with van der Waals surface area (Å²) >= 11 is 0. The van der Waals surface area contributed by atoms with Crippen LogP contribution in [0, 0.1) is 18.7 Å². The Kier molecular flexibility index (Phi) is 5.50. The second-order valence-corrected chi connectivity index (χ2v) is 5.96. The molecule has 124 valence electrons. The quantitative estimate of drug-likeness (QED) is 0.764. The van der Waals surface area contributed by atoms with Crippen LogP contribution in [0.2, 0.25) is 0 Å². The molecule has 1 unspecified atom stereocenters. The number of aromatic nitrogens is 2. The average Bonchev–Trinajstić information content (AvgIpc) is 2.86. The Balaban J connectivity index is 2.19. The molecule has 2 rings (SSSR count). The number of nitrogens with one attached hydrogen (secondary N) is 2. The Morgan fingerprint density at radius 3 is 2.57 bits per heavy atom. The number of aromatic amines is 1. The lowest BCUT2D eigenvalue weighted by atomic mass is 10.0. The summed E-state index contributed by atoms with van der Waals surface area (Å²) in [6.07, 6.45) is 0.151. The van der Waals surface area contributed by atoms with Crippen LogP contribution >= 0.6 is 0 Å². The lowest BCUT2D eigenvalue weighted by molar-refractivity contribution is -0.121. The number of aliphatic hydroxyl groups is 1. The molecule has 2 aromatic rings. The van der Waals surface area contributed by atoms with Gasteiger partial charge in [0.05, 0.1) is 24.8 Å². The van der Waals surface area contributed by atoms with Crippen LogP contribution in [0.1, 0.15) is 25.1 Å². The van der Waals surface area contributed by atoms with Crippen molar-refractivity contribution in [2.24, 2.45) is 5.92 Å². The maximum atomic E-state index is 13.1. The second-order valence-electron chi connectivity index (χ2n) is 5.96. The third-order valence-corrected chi connectivity index (χ3v) is 3.88. The number of halogens is 1. The van der Waals surface area contributed by atoms with Crippen molar-refractivity contribution in [1.82, 2.24) is 15.5 Å². The molecule has 0 radical (unpaired) electrons. The Morgan fingerprint density at radius 2 is 2.00 bits per heavy atom. The van der Waals surface area contributed by atoms with E-state index in [1.54, 1.807) is 12.1 Å². The molecule has 1 atom stereocenters. The fraction of sp³-hybridized carbons (Fsp3) is 0.412. The Morgan fingerprint density at radius 1 is 1.35 bits per heavy atom. The molecule has 23 heavy (non-hydrogen) atoms. The summed E-state index contributed by atoms with van der Waals surface area (Å²) in [6.45, 7) is 5.62. The topological polar surface area (TPSA) is 78.0 Å². The lowest BCUT2D eigenvalue weighted by Crippen LogP contribution is -2.41. The fourth-order valence-electron chi connectivity index (χ4n) is 2.36. The summed E-state index contributed by atoms with van der Waals surface area (Å²) in [5, 5.41) is 19.2. The van der Waals surface area contributed by atoms with Crippen LogP contribution in [0.15, 0.2) is 24.3 Å². The number of benzene rings is 1. The molecule has 0 saturated carbocycles. The third kappa shape index (κ3) is 4.16. The molecule has 0 aliphatic carbocycles. The number of carbonyl (C=O) groups excluding carboxylic acids is 1. The van der Waals surface area contributed by atoms with Gasteiger partial charge in [0.25, 0.3) is 0 Å². The van der Waals surface area contributed by atoms with Gasteiger partial charge in [0.1, 0.15) is 5.82 Å². The van der Waals surface area contributed by atoms with E-state index in [0.29, 0.717) is 5.69 Å². The number of aryl methyl sites for hydroxylation is 1. The van der Waals surface area contributed by atoms with Gasteiger partial charge in [-0.2, -0.15) is 5.10 Å². The fourth-order valence-corrected chi connectivity index (χ4v) is 2.36. The van der Waals surface area contributed by atoms with E-state index >= 15 is 0 Å². The molecule has 1 aromatic heterocycles. The summed E-state index contributed by atoms with van der Waals surface area (Å²) in [7, 11) is 0. The number of rotatable bonds is 6. The van der Waals surface area contributed by atoms with Gasteiger partial charge in [0.15, 0.2) is 0 Å². The van der Waals surface area contributed by atoms with E-state index in [1.165, 1.54) is 12.1 Å². The van der Waals surface area contributed by atoms with Crippen molar-refractivity contribution in [2.45, 2.75) is 33.2 Å². The molecule has 0 bridgehead atoms. The van der Waals surface area contributed by atoms with Gasteiger partial charge in [-0.15, -0.1) is 0 Å². The molecule has 1 heterocycles. The van der Waals surface area contributed by atoms with E-state index in [9.17, 15) is 14.3 Å². The number of H-pyrrole nitrogens is 1. The molecular weight excluding hydrogens is 297 g/mol. The first-order valence-corrected chi connectivity index (χ1v) is 7.62. The Hall–Kier alpha value is -2.21. The van der Waals surface area contributed by atoms with Crippen LogP contribution in [-0.4, -0.2) is 33.9 Å². The molecule has 6 heteroatoms. The summed E-state index contributed by atoms with van der Waals surface area (Å²) in [6, 6.07) is 5.73. The molecule has 0 spiro atoms. The van der Waals surface area contributed by atoms with Crippen molar-refractivity contribution in [1.29, 1.82) is 0 Å². The van der Waals surface area contributed by atoms with Crippen molar-refractivity contribution < 1.29 is 14.3 Å². The van der Waals surface area contributed by atoms with Crippen LogP contribution < -0.4 is 5.32 Å². The molecular formula is C17H22FN3O2. The number of nitrogens with zero attached hydrogens (tertiary/aromatic N) is 1. The maximum absolute atomic E-state index is 13.1. The third-order valence-electron chi connectivity index (χ3n) is 3.88. The van der Waals surface area contributed by atoms with Crippen molar-refractivity contribution in [3.8, 4) is 11.3 Å². The highest BCUT2D eigenvalue weighted by Gasteiger charge is 2.19. The first-order valence-electron chi connectivity index (χ1n) is 7.62. The van der Waals surface area contributed by atoms with Crippen LogP contribution in [0.25, 0.3) is 11.3 Å². The van der Waals surface area contributed by atoms with Crippen LogP contribution in [0.3, 0.4) is 0 Å². The highest BCUT2D eigenvalue weighted by molar-refractivity contribution is 5.81. The largest absolute Gasteiger partial charge is 0.394 e. The molecule has 1 amide bonds.